The summed E-state index contributed by atoms with van der Waals surface area (Å²) in [5.74, 6) is 0.801. The number of hydrogen-bond acceptors (Lipinski definition) is 5. The molecule has 6 rings (SSSR count). The molecule has 9 heteroatoms. The van der Waals surface area contributed by atoms with E-state index in [2.05, 4.69) is 33.3 Å². The Morgan fingerprint density at radius 3 is 2.50 bits per heavy atom. The summed E-state index contributed by atoms with van der Waals surface area (Å²) in [6.45, 7) is 4.47. The number of piperidine rings is 2. The highest BCUT2D eigenvalue weighted by Crippen LogP contribution is 2.48. The molecule has 2 aromatic rings. The zero-order valence-electron chi connectivity index (χ0n) is 20.3. The van der Waals surface area contributed by atoms with Crippen LogP contribution in [0, 0.1) is 5.92 Å². The van der Waals surface area contributed by atoms with E-state index in [1.54, 1.807) is 0 Å². The van der Waals surface area contributed by atoms with Crippen LogP contribution >= 0.6 is 24.2 Å². The number of anilines is 2. The highest BCUT2D eigenvalue weighted by Gasteiger charge is 2.38. The summed E-state index contributed by atoms with van der Waals surface area (Å²) in [5.41, 5.74) is 9.18. The van der Waals surface area contributed by atoms with E-state index >= 15 is 0 Å². The highest BCUT2D eigenvalue weighted by molar-refractivity contribution is 7.99. The van der Waals surface area contributed by atoms with Gasteiger partial charge in [-0.2, -0.15) is 13.2 Å². The van der Waals surface area contributed by atoms with Gasteiger partial charge in [0.2, 0.25) is 0 Å². The van der Waals surface area contributed by atoms with E-state index in [1.807, 2.05) is 0 Å². The summed E-state index contributed by atoms with van der Waals surface area (Å²) < 4.78 is 41.5. The fraction of sp³-hybridized carbons (Fsp3) is 0.556. The normalized spacial score (nSPS) is 23.8. The Morgan fingerprint density at radius 1 is 1.03 bits per heavy atom. The number of benzene rings is 2. The third-order valence-corrected chi connectivity index (χ3v) is 9.49. The van der Waals surface area contributed by atoms with Crippen molar-refractivity contribution < 1.29 is 13.2 Å². The molecule has 3 N–H and O–H groups in total. The third kappa shape index (κ3) is 5.06. The van der Waals surface area contributed by atoms with Crippen LogP contribution in [0.5, 0.6) is 0 Å². The molecule has 1 aliphatic carbocycles. The highest BCUT2D eigenvalue weighted by atomic mass is 35.5. The minimum absolute atomic E-state index is 0. The predicted molar refractivity (Wildman–Crippen MR) is 143 cm³/mol. The molecule has 3 aliphatic heterocycles. The second-order valence-electron chi connectivity index (χ2n) is 10.6. The average molecular weight is 539 g/mol. The van der Waals surface area contributed by atoms with Crippen molar-refractivity contribution in [1.29, 1.82) is 0 Å². The van der Waals surface area contributed by atoms with E-state index in [-0.39, 0.29) is 18.4 Å². The van der Waals surface area contributed by atoms with E-state index in [0.717, 1.165) is 60.3 Å². The van der Waals surface area contributed by atoms with Crippen molar-refractivity contribution in [3.8, 4) is 0 Å². The molecule has 2 bridgehead atoms. The maximum absolute atomic E-state index is 13.8. The van der Waals surface area contributed by atoms with Gasteiger partial charge in [-0.25, -0.2) is 0 Å². The topological polar surface area (TPSA) is 44.5 Å². The molecule has 36 heavy (non-hydrogen) atoms. The molecule has 2 unspecified atom stereocenters. The van der Waals surface area contributed by atoms with Crippen LogP contribution in [0.3, 0.4) is 0 Å². The first-order valence-electron chi connectivity index (χ1n) is 12.9. The fourth-order valence-electron chi connectivity index (χ4n) is 6.43. The molecular formula is C27H34ClF3N4S. The zero-order chi connectivity index (χ0) is 24.2. The van der Waals surface area contributed by atoms with E-state index in [4.69, 9.17) is 5.73 Å². The number of likely N-dealkylation sites (tertiary alicyclic amines) is 1. The van der Waals surface area contributed by atoms with Crippen molar-refractivity contribution in [1.82, 2.24) is 4.90 Å². The van der Waals surface area contributed by atoms with Crippen molar-refractivity contribution in [3.63, 3.8) is 0 Å². The molecule has 0 amide bonds. The van der Waals surface area contributed by atoms with Gasteiger partial charge >= 0.3 is 6.18 Å². The number of nitrogens with one attached hydrogen (secondary N) is 1. The van der Waals surface area contributed by atoms with Crippen molar-refractivity contribution in [2.75, 3.05) is 42.9 Å². The van der Waals surface area contributed by atoms with Crippen LogP contribution in [0.15, 0.2) is 40.1 Å². The van der Waals surface area contributed by atoms with Crippen molar-refractivity contribution >= 4 is 35.5 Å². The second kappa shape index (κ2) is 10.3. The lowest BCUT2D eigenvalue weighted by atomic mass is 9.97. The van der Waals surface area contributed by atoms with E-state index in [1.165, 1.54) is 54.4 Å². The lowest BCUT2D eigenvalue weighted by Gasteiger charge is -2.34. The summed E-state index contributed by atoms with van der Waals surface area (Å²) in [4.78, 5) is 6.67. The summed E-state index contributed by atoms with van der Waals surface area (Å²) in [6, 6.07) is 10.1. The molecule has 0 radical (unpaired) electrons. The summed E-state index contributed by atoms with van der Waals surface area (Å²) in [7, 11) is 0. The van der Waals surface area contributed by atoms with Gasteiger partial charge in [0.25, 0.3) is 0 Å². The minimum atomic E-state index is -4.37. The number of rotatable bonds is 5. The minimum Gasteiger partial charge on any atom is -0.382 e. The summed E-state index contributed by atoms with van der Waals surface area (Å²) in [5, 5.41) is 3.51. The quantitative estimate of drug-likeness (QED) is 0.417. The predicted octanol–water partition coefficient (Wildman–Crippen LogP) is 6.01. The van der Waals surface area contributed by atoms with Gasteiger partial charge in [-0.05, 0) is 73.4 Å². The molecule has 2 saturated heterocycles. The number of nitrogens with zero attached hydrogens (tertiary/aromatic N) is 2. The Morgan fingerprint density at radius 2 is 1.83 bits per heavy atom. The Balaban J connectivity index is 0.00000267. The number of alkyl halides is 3. The first kappa shape index (κ1) is 26.0. The first-order chi connectivity index (χ1) is 16.9. The lowest BCUT2D eigenvalue weighted by Crippen LogP contribution is -2.41. The van der Waals surface area contributed by atoms with Crippen molar-refractivity contribution in [2.45, 2.75) is 66.6 Å². The smallest absolute Gasteiger partial charge is 0.382 e. The molecule has 4 nitrogen and oxygen atoms in total. The Labute approximate surface area is 221 Å². The number of halogens is 4. The largest absolute Gasteiger partial charge is 0.416 e. The van der Waals surface area contributed by atoms with Gasteiger partial charge in [0, 0.05) is 72.4 Å². The van der Waals surface area contributed by atoms with Crippen LogP contribution in [0.2, 0.25) is 0 Å². The average Bonchev–Trinajstić information content (AvgIpc) is 3.47. The van der Waals surface area contributed by atoms with Gasteiger partial charge in [-0.15, -0.1) is 12.4 Å². The molecule has 2 atom stereocenters. The number of fused-ring (bicyclic) bond motifs is 4. The molecule has 3 heterocycles. The maximum Gasteiger partial charge on any atom is 0.416 e. The molecule has 0 spiro atoms. The van der Waals surface area contributed by atoms with Gasteiger partial charge in [0.15, 0.2) is 0 Å². The molecular weight excluding hydrogens is 505 g/mol. The van der Waals surface area contributed by atoms with Gasteiger partial charge in [-0.1, -0.05) is 17.8 Å². The molecule has 0 aromatic heterocycles. The summed E-state index contributed by atoms with van der Waals surface area (Å²) >= 11 is 1.50. The summed E-state index contributed by atoms with van der Waals surface area (Å²) in [6.07, 6.45) is 1.99. The van der Waals surface area contributed by atoms with Crippen molar-refractivity contribution in [2.24, 2.45) is 11.7 Å². The van der Waals surface area contributed by atoms with Crippen LogP contribution in [0.25, 0.3) is 0 Å². The van der Waals surface area contributed by atoms with E-state index in [0.29, 0.717) is 24.7 Å². The first-order valence-corrected chi connectivity index (χ1v) is 13.7. The van der Waals surface area contributed by atoms with Gasteiger partial charge in [0.1, 0.15) is 0 Å². The van der Waals surface area contributed by atoms with Gasteiger partial charge < -0.3 is 20.9 Å². The Bertz CT molecular complexity index is 1100. The molecule has 4 aliphatic rings. The molecule has 196 valence electrons. The second-order valence-corrected chi connectivity index (χ2v) is 11.7. The SMILES string of the molecule is Cl.NCCN1CCC(Nc2cc(C(F)(F)F)cc3c2Cc2ccc(N4CC5CCC4C5)cc2S3)CC1. The Kier molecular flexibility index (Phi) is 7.42. The monoisotopic (exact) mass is 538 g/mol. The van der Waals surface area contributed by atoms with Crippen LogP contribution in [-0.2, 0) is 12.6 Å². The van der Waals surface area contributed by atoms with Crippen molar-refractivity contribution in [3.05, 3.63) is 47.0 Å². The van der Waals surface area contributed by atoms with Crippen LogP contribution in [-0.4, -0.2) is 49.7 Å². The lowest BCUT2D eigenvalue weighted by molar-refractivity contribution is -0.137. The van der Waals surface area contributed by atoms with E-state index in [9.17, 15) is 13.2 Å². The maximum atomic E-state index is 13.8. The fourth-order valence-corrected chi connectivity index (χ4v) is 7.61. The third-order valence-electron chi connectivity index (χ3n) is 8.31. The Hall–Kier alpha value is -1.61. The van der Waals surface area contributed by atoms with Crippen LogP contribution in [0.1, 0.15) is 48.8 Å². The van der Waals surface area contributed by atoms with Gasteiger partial charge in [-0.3, -0.25) is 0 Å². The van der Waals surface area contributed by atoms with E-state index < -0.39 is 11.7 Å². The molecule has 1 saturated carbocycles. The van der Waals surface area contributed by atoms with Crippen LogP contribution in [0.4, 0.5) is 24.5 Å². The number of nitrogens with two attached hydrogens (primary N) is 1. The zero-order valence-corrected chi connectivity index (χ0v) is 22.0. The van der Waals surface area contributed by atoms with Gasteiger partial charge in [0.05, 0.1) is 5.56 Å². The molecule has 3 fully saturated rings. The standard InChI is InChI=1S/C27H33F3N4S.ClH/c28-27(29,30)19-13-24(32-20-5-8-33(9-6-20)10-7-31)23-12-18-2-4-22(15-25(18)35-26(23)14-19)34-16-17-1-3-21(34)11-17;/h2,4,13-15,17,20-21,32H,1,3,5-12,16,31H2;1H. The van der Waals surface area contributed by atoms with Crippen LogP contribution < -0.4 is 16.0 Å². The molecule has 2 aromatic carbocycles. The number of hydrogen-bond donors (Lipinski definition) is 2.